The zero-order chi connectivity index (χ0) is 23.2. The minimum Gasteiger partial charge on any atom is -0.484 e. The van der Waals surface area contributed by atoms with E-state index >= 15 is 0 Å². The molecule has 0 aliphatic carbocycles. The van der Waals surface area contributed by atoms with Crippen molar-refractivity contribution in [2.45, 2.75) is 30.9 Å². The first-order valence-electron chi connectivity index (χ1n) is 11.1. The molecule has 0 N–H and O–H groups in total. The first kappa shape index (κ1) is 23.6. The van der Waals surface area contributed by atoms with E-state index in [1.807, 2.05) is 64.9 Å². The predicted octanol–water partition coefficient (Wildman–Crippen LogP) is 4.14. The highest BCUT2D eigenvalue weighted by Gasteiger charge is 2.27. The van der Waals surface area contributed by atoms with Crippen molar-refractivity contribution >= 4 is 29.3 Å². The van der Waals surface area contributed by atoms with Crippen LogP contribution in [-0.4, -0.2) is 68.4 Å². The molecule has 33 heavy (non-hydrogen) atoms. The van der Waals surface area contributed by atoms with Gasteiger partial charge in [0.15, 0.2) is 11.0 Å². The van der Waals surface area contributed by atoms with Crippen LogP contribution in [0.5, 0.6) is 5.75 Å². The van der Waals surface area contributed by atoms with E-state index in [4.69, 9.17) is 16.3 Å². The van der Waals surface area contributed by atoms with E-state index in [1.54, 1.807) is 6.07 Å². The lowest BCUT2D eigenvalue weighted by Gasteiger charge is -2.35. The molecule has 0 bridgehead atoms. The maximum Gasteiger partial charge on any atom is 0.235 e. The number of aromatic nitrogens is 3. The van der Waals surface area contributed by atoms with Gasteiger partial charge < -0.3 is 14.5 Å². The third-order valence-corrected chi connectivity index (χ3v) is 7.01. The molecule has 1 aliphatic heterocycles. The fraction of sp³-hybridized carbons (Fsp3) is 0.375. The van der Waals surface area contributed by atoms with Crippen LogP contribution in [0, 0.1) is 0 Å². The van der Waals surface area contributed by atoms with Gasteiger partial charge >= 0.3 is 0 Å². The van der Waals surface area contributed by atoms with Crippen LogP contribution in [0.15, 0.2) is 59.8 Å². The van der Waals surface area contributed by atoms with Gasteiger partial charge in [0.25, 0.3) is 0 Å². The molecule has 1 amide bonds. The second-order valence-electron chi connectivity index (χ2n) is 7.81. The van der Waals surface area contributed by atoms with Crippen LogP contribution in [0.1, 0.15) is 19.7 Å². The molecular weight excluding hydrogens is 458 g/mol. The number of nitrogens with zero attached hydrogens (tertiary/aromatic N) is 5. The second-order valence-corrected chi connectivity index (χ2v) is 9.52. The first-order valence-corrected chi connectivity index (χ1v) is 12.4. The average Bonchev–Trinajstić information content (AvgIpc) is 3.25. The van der Waals surface area contributed by atoms with Gasteiger partial charge in [-0.3, -0.25) is 9.36 Å². The van der Waals surface area contributed by atoms with Gasteiger partial charge in [-0.1, -0.05) is 60.6 Å². The van der Waals surface area contributed by atoms with E-state index in [0.717, 1.165) is 38.4 Å². The number of carbonyl (C=O) groups excluding carboxylic acids is 1. The minimum absolute atomic E-state index is 0.132. The van der Waals surface area contributed by atoms with Crippen LogP contribution in [0.25, 0.3) is 5.69 Å². The average molecular weight is 486 g/mol. The summed E-state index contributed by atoms with van der Waals surface area (Å²) in [5.74, 6) is 1.36. The Bertz CT molecular complexity index is 1070. The summed E-state index contributed by atoms with van der Waals surface area (Å²) in [4.78, 5) is 17.4. The highest BCUT2D eigenvalue weighted by molar-refractivity contribution is 8.00. The Kier molecular flexibility index (Phi) is 7.90. The Morgan fingerprint density at radius 3 is 2.45 bits per heavy atom. The first-order chi connectivity index (χ1) is 16.1. The Labute approximate surface area is 203 Å². The quantitative estimate of drug-likeness (QED) is 0.447. The van der Waals surface area contributed by atoms with E-state index in [9.17, 15) is 4.79 Å². The van der Waals surface area contributed by atoms with Crippen molar-refractivity contribution in [1.82, 2.24) is 24.6 Å². The minimum atomic E-state index is -0.276. The maximum absolute atomic E-state index is 13.1. The molecule has 0 spiro atoms. The number of piperazine rings is 1. The third-order valence-electron chi connectivity index (χ3n) is 5.67. The highest BCUT2D eigenvalue weighted by Crippen LogP contribution is 2.29. The molecule has 174 valence electrons. The van der Waals surface area contributed by atoms with Crippen LogP contribution in [0.4, 0.5) is 0 Å². The molecule has 1 saturated heterocycles. The van der Waals surface area contributed by atoms with Crippen molar-refractivity contribution in [2.24, 2.45) is 0 Å². The fourth-order valence-corrected chi connectivity index (χ4v) is 4.92. The molecule has 3 aromatic rings. The van der Waals surface area contributed by atoms with Gasteiger partial charge in [0.2, 0.25) is 5.91 Å². The third kappa shape index (κ3) is 5.69. The van der Waals surface area contributed by atoms with E-state index in [0.29, 0.717) is 21.8 Å². The number of thioether (sulfide) groups is 1. The number of hydrogen-bond acceptors (Lipinski definition) is 6. The highest BCUT2D eigenvalue weighted by atomic mass is 35.5. The molecule has 1 fully saturated rings. The van der Waals surface area contributed by atoms with Crippen LogP contribution >= 0.6 is 23.4 Å². The fourth-order valence-electron chi connectivity index (χ4n) is 3.76. The number of ether oxygens (including phenoxy) is 1. The summed E-state index contributed by atoms with van der Waals surface area (Å²) in [6.07, 6.45) is 0. The lowest BCUT2D eigenvalue weighted by Crippen LogP contribution is -2.50. The summed E-state index contributed by atoms with van der Waals surface area (Å²) >= 11 is 7.65. The summed E-state index contributed by atoms with van der Waals surface area (Å²) in [6, 6.07) is 17.2. The molecule has 2 aromatic carbocycles. The Morgan fingerprint density at radius 1 is 1.06 bits per heavy atom. The number of benzene rings is 2. The largest absolute Gasteiger partial charge is 0.484 e. The van der Waals surface area contributed by atoms with Crippen molar-refractivity contribution in [3.05, 3.63) is 65.4 Å². The molecule has 0 radical (unpaired) electrons. The molecule has 1 atom stereocenters. The SMILES string of the molecule is CCN1CCN(C(=O)C(C)Sc2nnc(COc3ccccc3Cl)n2-c2ccccc2)CC1. The van der Waals surface area contributed by atoms with Crippen molar-refractivity contribution in [1.29, 1.82) is 0 Å². The molecule has 4 rings (SSSR count). The summed E-state index contributed by atoms with van der Waals surface area (Å²) in [5.41, 5.74) is 0.916. The molecule has 1 unspecified atom stereocenters. The number of rotatable bonds is 8. The lowest BCUT2D eigenvalue weighted by molar-refractivity contribution is -0.132. The van der Waals surface area contributed by atoms with E-state index in [-0.39, 0.29) is 17.8 Å². The van der Waals surface area contributed by atoms with Crippen LogP contribution < -0.4 is 4.74 Å². The number of amides is 1. The predicted molar refractivity (Wildman–Crippen MR) is 131 cm³/mol. The van der Waals surface area contributed by atoms with Gasteiger partial charge in [0.1, 0.15) is 12.4 Å². The van der Waals surface area contributed by atoms with Crippen molar-refractivity contribution in [3.63, 3.8) is 0 Å². The van der Waals surface area contributed by atoms with Crippen LogP contribution in [0.3, 0.4) is 0 Å². The summed E-state index contributed by atoms with van der Waals surface area (Å²) in [6.45, 7) is 8.67. The monoisotopic (exact) mass is 485 g/mol. The standard InChI is InChI=1S/C24H28ClN5O2S/c1-3-28-13-15-29(16-14-28)23(31)18(2)33-24-27-26-22(30(24)19-9-5-4-6-10-19)17-32-21-12-8-7-11-20(21)25/h4-12,18H,3,13-17H2,1-2H3. The molecule has 1 aromatic heterocycles. The maximum atomic E-state index is 13.1. The number of halogens is 1. The Morgan fingerprint density at radius 2 is 1.76 bits per heavy atom. The van der Waals surface area contributed by atoms with Gasteiger partial charge in [0, 0.05) is 31.9 Å². The van der Waals surface area contributed by atoms with Crippen LogP contribution in [0.2, 0.25) is 5.02 Å². The normalized spacial score (nSPS) is 15.4. The van der Waals surface area contributed by atoms with Gasteiger partial charge in [-0.25, -0.2) is 0 Å². The van der Waals surface area contributed by atoms with Crippen molar-refractivity contribution in [2.75, 3.05) is 32.7 Å². The molecular formula is C24H28ClN5O2S. The molecule has 0 saturated carbocycles. The molecule has 1 aliphatic rings. The van der Waals surface area contributed by atoms with Crippen molar-refractivity contribution < 1.29 is 9.53 Å². The van der Waals surface area contributed by atoms with Crippen molar-refractivity contribution in [3.8, 4) is 11.4 Å². The van der Waals surface area contributed by atoms with E-state index < -0.39 is 0 Å². The number of hydrogen-bond donors (Lipinski definition) is 0. The second kappa shape index (κ2) is 11.0. The summed E-state index contributed by atoms with van der Waals surface area (Å²) in [7, 11) is 0. The summed E-state index contributed by atoms with van der Waals surface area (Å²) < 4.78 is 7.87. The topological polar surface area (TPSA) is 63.5 Å². The number of para-hydroxylation sites is 2. The van der Waals surface area contributed by atoms with E-state index in [2.05, 4.69) is 22.0 Å². The van der Waals surface area contributed by atoms with Gasteiger partial charge in [-0.05, 0) is 37.7 Å². The van der Waals surface area contributed by atoms with Gasteiger partial charge in [-0.2, -0.15) is 0 Å². The number of likely N-dealkylation sites (N-methyl/N-ethyl adjacent to an activating group) is 1. The zero-order valence-electron chi connectivity index (χ0n) is 18.9. The lowest BCUT2D eigenvalue weighted by atomic mass is 10.3. The molecule has 2 heterocycles. The Hall–Kier alpha value is -2.55. The smallest absolute Gasteiger partial charge is 0.235 e. The Balaban J connectivity index is 1.51. The van der Waals surface area contributed by atoms with Crippen LogP contribution in [-0.2, 0) is 11.4 Å². The molecule has 9 heteroatoms. The van der Waals surface area contributed by atoms with Gasteiger partial charge in [-0.15, -0.1) is 10.2 Å². The summed E-state index contributed by atoms with van der Waals surface area (Å²) in [5, 5.41) is 9.71. The zero-order valence-corrected chi connectivity index (χ0v) is 20.4. The van der Waals surface area contributed by atoms with E-state index in [1.165, 1.54) is 11.8 Å². The number of carbonyl (C=O) groups is 1. The molecule has 7 nitrogen and oxygen atoms in total. The van der Waals surface area contributed by atoms with Gasteiger partial charge in [0.05, 0.1) is 10.3 Å².